The monoisotopic (exact) mass is 284 g/mol. The van der Waals surface area contributed by atoms with Crippen LogP contribution in [0.4, 0.5) is 0 Å². The summed E-state index contributed by atoms with van der Waals surface area (Å²) in [6, 6.07) is 5.24. The molecule has 0 heterocycles. The van der Waals surface area contributed by atoms with Crippen LogP contribution in [0.25, 0.3) is 0 Å². The van der Waals surface area contributed by atoms with Crippen LogP contribution >= 0.6 is 0 Å². The molecule has 0 atom stereocenters. The second-order valence-corrected chi connectivity index (χ2v) is 8.14. The maximum absolute atomic E-state index is 12.5. The number of nitrogens with two attached hydrogens (primary N) is 1. The summed E-state index contributed by atoms with van der Waals surface area (Å²) in [7, 11) is -1.81. The lowest BCUT2D eigenvalue weighted by atomic mass is 9.97. The first kappa shape index (κ1) is 16.1. The molecule has 1 aromatic carbocycles. The fourth-order valence-electron chi connectivity index (χ4n) is 2.05. The molecule has 4 nitrogen and oxygen atoms in total. The predicted molar refractivity (Wildman–Crippen MR) is 78.3 cm³/mol. The van der Waals surface area contributed by atoms with E-state index >= 15 is 0 Å². The quantitative estimate of drug-likeness (QED) is 0.921. The van der Waals surface area contributed by atoms with E-state index in [4.69, 9.17) is 5.73 Å². The Hall–Kier alpha value is -0.910. The average molecular weight is 284 g/mol. The molecule has 1 rings (SSSR count). The zero-order valence-electron chi connectivity index (χ0n) is 12.4. The highest BCUT2D eigenvalue weighted by Crippen LogP contribution is 2.23. The van der Waals surface area contributed by atoms with Gasteiger partial charge in [0, 0.05) is 20.1 Å². The van der Waals surface area contributed by atoms with Crippen molar-refractivity contribution < 1.29 is 8.42 Å². The standard InChI is InChI=1S/C14H24N2O2S/c1-11-8-12(9-15)6-7-13(11)19(17,18)16(5)10-14(2,3)4/h6-8H,9-10,15H2,1-5H3. The van der Waals surface area contributed by atoms with E-state index in [1.165, 1.54) is 4.31 Å². The van der Waals surface area contributed by atoms with Crippen LogP contribution in [0.5, 0.6) is 0 Å². The van der Waals surface area contributed by atoms with Gasteiger partial charge in [-0.1, -0.05) is 32.9 Å². The van der Waals surface area contributed by atoms with Gasteiger partial charge in [-0.3, -0.25) is 0 Å². The molecule has 0 saturated carbocycles. The molecular weight excluding hydrogens is 260 g/mol. The van der Waals surface area contributed by atoms with Crippen LogP contribution < -0.4 is 5.73 Å². The molecule has 19 heavy (non-hydrogen) atoms. The van der Waals surface area contributed by atoms with E-state index in [2.05, 4.69) is 0 Å². The van der Waals surface area contributed by atoms with Crippen molar-refractivity contribution in [3.8, 4) is 0 Å². The van der Waals surface area contributed by atoms with Gasteiger partial charge in [-0.15, -0.1) is 0 Å². The molecule has 0 bridgehead atoms. The Labute approximate surface area is 116 Å². The third-order valence-electron chi connectivity index (χ3n) is 2.86. The lowest BCUT2D eigenvalue weighted by Gasteiger charge is -2.26. The summed E-state index contributed by atoms with van der Waals surface area (Å²) in [4.78, 5) is 0.358. The summed E-state index contributed by atoms with van der Waals surface area (Å²) in [5.74, 6) is 0. The van der Waals surface area contributed by atoms with Crippen LogP contribution in [-0.2, 0) is 16.6 Å². The van der Waals surface area contributed by atoms with Crippen LogP contribution in [0.15, 0.2) is 23.1 Å². The van der Waals surface area contributed by atoms with Crippen molar-refractivity contribution in [2.75, 3.05) is 13.6 Å². The van der Waals surface area contributed by atoms with Crippen LogP contribution in [-0.4, -0.2) is 26.3 Å². The van der Waals surface area contributed by atoms with Crippen LogP contribution in [0.2, 0.25) is 0 Å². The second kappa shape index (κ2) is 5.61. The molecule has 0 fully saturated rings. The molecule has 5 heteroatoms. The Morgan fingerprint density at radius 1 is 1.26 bits per heavy atom. The first-order valence-corrected chi connectivity index (χ1v) is 7.78. The van der Waals surface area contributed by atoms with Gasteiger partial charge in [-0.25, -0.2) is 12.7 Å². The van der Waals surface area contributed by atoms with Gasteiger partial charge < -0.3 is 5.73 Å². The molecule has 0 unspecified atom stereocenters. The molecule has 0 spiro atoms. The highest BCUT2D eigenvalue weighted by atomic mass is 32.2. The van der Waals surface area contributed by atoms with Crippen molar-refractivity contribution >= 4 is 10.0 Å². The normalized spacial score (nSPS) is 13.0. The molecular formula is C14H24N2O2S. The van der Waals surface area contributed by atoms with E-state index in [0.29, 0.717) is 18.0 Å². The van der Waals surface area contributed by atoms with Gasteiger partial charge in [0.05, 0.1) is 4.90 Å². The minimum absolute atomic E-state index is 0.0765. The topological polar surface area (TPSA) is 63.4 Å². The van der Waals surface area contributed by atoms with Crippen molar-refractivity contribution in [3.63, 3.8) is 0 Å². The summed E-state index contributed by atoms with van der Waals surface area (Å²) in [6.07, 6.45) is 0. The number of nitrogens with zero attached hydrogens (tertiary/aromatic N) is 1. The van der Waals surface area contributed by atoms with Gasteiger partial charge in [0.15, 0.2) is 0 Å². The molecule has 0 saturated heterocycles. The number of hydrogen-bond donors (Lipinski definition) is 1. The van der Waals surface area contributed by atoms with E-state index < -0.39 is 10.0 Å². The smallest absolute Gasteiger partial charge is 0.243 e. The zero-order chi connectivity index (χ0) is 14.8. The van der Waals surface area contributed by atoms with Gasteiger partial charge in [-0.2, -0.15) is 0 Å². The maximum Gasteiger partial charge on any atom is 0.243 e. The van der Waals surface area contributed by atoms with E-state index in [9.17, 15) is 8.42 Å². The molecule has 1 aromatic rings. The number of benzene rings is 1. The average Bonchev–Trinajstić information content (AvgIpc) is 2.26. The first-order valence-electron chi connectivity index (χ1n) is 6.34. The number of rotatable bonds is 4. The van der Waals surface area contributed by atoms with Crippen molar-refractivity contribution in [1.82, 2.24) is 4.31 Å². The van der Waals surface area contributed by atoms with Crippen LogP contribution in [0.1, 0.15) is 31.9 Å². The van der Waals surface area contributed by atoms with Gasteiger partial charge in [0.1, 0.15) is 0 Å². The summed E-state index contributed by atoms with van der Waals surface area (Å²) in [6.45, 7) is 8.75. The molecule has 0 aliphatic rings. The van der Waals surface area contributed by atoms with E-state index in [1.807, 2.05) is 26.8 Å². The predicted octanol–water partition coefficient (Wildman–Crippen LogP) is 2.12. The zero-order valence-corrected chi connectivity index (χ0v) is 13.2. The van der Waals surface area contributed by atoms with E-state index in [1.54, 1.807) is 26.1 Å². The lowest BCUT2D eigenvalue weighted by molar-refractivity contribution is 0.310. The highest BCUT2D eigenvalue weighted by molar-refractivity contribution is 7.89. The Morgan fingerprint density at radius 3 is 2.26 bits per heavy atom. The van der Waals surface area contributed by atoms with Crippen molar-refractivity contribution in [1.29, 1.82) is 0 Å². The minimum atomic E-state index is -3.44. The van der Waals surface area contributed by atoms with E-state index in [-0.39, 0.29) is 5.41 Å². The fourth-order valence-corrected chi connectivity index (χ4v) is 3.65. The van der Waals surface area contributed by atoms with Gasteiger partial charge in [0.2, 0.25) is 10.0 Å². The minimum Gasteiger partial charge on any atom is -0.326 e. The molecule has 2 N–H and O–H groups in total. The summed E-state index contributed by atoms with van der Waals surface area (Å²) in [5, 5.41) is 0. The number of aryl methyl sites for hydroxylation is 1. The van der Waals surface area contributed by atoms with E-state index in [0.717, 1.165) is 11.1 Å². The molecule has 0 amide bonds. The third kappa shape index (κ3) is 4.03. The van der Waals surface area contributed by atoms with Gasteiger partial charge >= 0.3 is 0 Å². The van der Waals surface area contributed by atoms with Crippen LogP contribution in [0.3, 0.4) is 0 Å². The molecule has 0 radical (unpaired) electrons. The highest BCUT2D eigenvalue weighted by Gasteiger charge is 2.26. The molecule has 0 aliphatic heterocycles. The Morgan fingerprint density at radius 2 is 1.84 bits per heavy atom. The molecule has 0 aromatic heterocycles. The second-order valence-electron chi connectivity index (χ2n) is 6.13. The summed E-state index contributed by atoms with van der Waals surface area (Å²) in [5.41, 5.74) is 7.16. The number of sulfonamides is 1. The fraction of sp³-hybridized carbons (Fsp3) is 0.571. The number of hydrogen-bond acceptors (Lipinski definition) is 3. The van der Waals surface area contributed by atoms with Gasteiger partial charge in [0.25, 0.3) is 0 Å². The summed E-state index contributed by atoms with van der Waals surface area (Å²) < 4.78 is 26.5. The van der Waals surface area contributed by atoms with Crippen molar-refractivity contribution in [2.24, 2.45) is 11.1 Å². The Balaban J connectivity index is 3.13. The van der Waals surface area contributed by atoms with Crippen molar-refractivity contribution in [2.45, 2.75) is 39.1 Å². The molecule has 108 valence electrons. The molecule has 0 aliphatic carbocycles. The third-order valence-corrected chi connectivity index (χ3v) is 4.82. The SMILES string of the molecule is Cc1cc(CN)ccc1S(=O)(=O)N(C)CC(C)(C)C. The first-order chi connectivity index (χ1) is 8.58. The maximum atomic E-state index is 12.5. The van der Waals surface area contributed by atoms with Crippen molar-refractivity contribution in [3.05, 3.63) is 29.3 Å². The summed E-state index contributed by atoms with van der Waals surface area (Å²) >= 11 is 0. The Bertz CT molecular complexity index is 545. The largest absolute Gasteiger partial charge is 0.326 e. The Kier molecular flexibility index (Phi) is 4.76. The van der Waals surface area contributed by atoms with Crippen LogP contribution in [0, 0.1) is 12.3 Å². The van der Waals surface area contributed by atoms with Gasteiger partial charge in [-0.05, 0) is 29.5 Å². The lowest BCUT2D eigenvalue weighted by Crippen LogP contribution is -2.34.